The quantitative estimate of drug-likeness (QED) is 0.876. The molecule has 0 fully saturated rings. The van der Waals surface area contributed by atoms with Gasteiger partial charge in [-0.15, -0.1) is 0 Å². The van der Waals surface area contributed by atoms with Crippen molar-refractivity contribution in [2.45, 2.75) is 26.3 Å². The van der Waals surface area contributed by atoms with Crippen molar-refractivity contribution < 1.29 is 9.53 Å². The Balaban J connectivity index is 1.80. The second-order valence-corrected chi connectivity index (χ2v) is 6.06. The summed E-state index contributed by atoms with van der Waals surface area (Å²) in [5.74, 6) is 0.757. The number of ether oxygens (including phenoxy) is 1. The van der Waals surface area contributed by atoms with Gasteiger partial charge in [0.05, 0.1) is 25.0 Å². The summed E-state index contributed by atoms with van der Waals surface area (Å²) in [6.07, 6.45) is 4.36. The number of benzene rings is 1. The molecule has 1 unspecified atom stereocenters. The lowest BCUT2D eigenvalue weighted by molar-refractivity contribution is 0.247. The summed E-state index contributed by atoms with van der Waals surface area (Å²) >= 11 is 0. The zero-order chi connectivity index (χ0) is 17.8. The first kappa shape index (κ1) is 17.1. The molecule has 25 heavy (non-hydrogen) atoms. The highest BCUT2D eigenvalue weighted by Crippen LogP contribution is 2.33. The van der Waals surface area contributed by atoms with Crippen LogP contribution >= 0.6 is 0 Å². The molecule has 6 heteroatoms. The number of methoxy groups -OCH3 is 1. The molecule has 0 saturated heterocycles. The number of urea groups is 1. The Morgan fingerprint density at radius 1 is 1.40 bits per heavy atom. The van der Waals surface area contributed by atoms with E-state index in [1.807, 2.05) is 24.0 Å². The number of amides is 2. The van der Waals surface area contributed by atoms with E-state index in [-0.39, 0.29) is 12.1 Å². The van der Waals surface area contributed by atoms with E-state index >= 15 is 0 Å². The van der Waals surface area contributed by atoms with Gasteiger partial charge in [-0.3, -0.25) is 9.88 Å². The molecule has 2 aromatic rings. The first-order valence-electron chi connectivity index (χ1n) is 8.56. The fraction of sp³-hybridized carbons (Fsp3) is 0.368. The topological polar surface area (TPSA) is 66.5 Å². The summed E-state index contributed by atoms with van der Waals surface area (Å²) < 4.78 is 5.39. The Morgan fingerprint density at radius 3 is 3.00 bits per heavy atom. The third-order valence-electron chi connectivity index (χ3n) is 4.44. The number of nitrogens with zero attached hydrogens (tertiary/aromatic N) is 2. The average molecular weight is 340 g/mol. The molecule has 1 atom stereocenters. The lowest BCUT2D eigenvalue weighted by atomic mass is 10.1. The van der Waals surface area contributed by atoms with Crippen molar-refractivity contribution in [2.75, 3.05) is 30.4 Å². The maximum absolute atomic E-state index is 12.2. The highest BCUT2D eigenvalue weighted by atomic mass is 16.5. The molecule has 1 aliphatic rings. The van der Waals surface area contributed by atoms with Crippen molar-refractivity contribution in [1.82, 2.24) is 10.3 Å². The van der Waals surface area contributed by atoms with E-state index < -0.39 is 0 Å². The molecule has 0 bridgehead atoms. The summed E-state index contributed by atoms with van der Waals surface area (Å²) in [5.41, 5.74) is 4.19. The maximum Gasteiger partial charge on any atom is 0.321 e. The molecule has 6 nitrogen and oxygen atoms in total. The number of aromatic nitrogens is 1. The van der Waals surface area contributed by atoms with Gasteiger partial charge in [0.2, 0.25) is 0 Å². The van der Waals surface area contributed by atoms with Gasteiger partial charge in [-0.2, -0.15) is 0 Å². The minimum Gasteiger partial charge on any atom is -0.495 e. The first-order chi connectivity index (χ1) is 12.1. The van der Waals surface area contributed by atoms with Crippen molar-refractivity contribution in [3.05, 3.63) is 47.8 Å². The molecular formula is C19H24N4O2. The summed E-state index contributed by atoms with van der Waals surface area (Å²) in [7, 11) is 1.65. The summed E-state index contributed by atoms with van der Waals surface area (Å²) in [4.78, 5) is 18.1. The summed E-state index contributed by atoms with van der Waals surface area (Å²) in [6, 6.07) is 8.15. The molecule has 1 aromatic carbocycles. The molecule has 0 spiro atoms. The zero-order valence-electron chi connectivity index (χ0n) is 14.9. The summed E-state index contributed by atoms with van der Waals surface area (Å²) in [5, 5.41) is 6.36. The predicted molar refractivity (Wildman–Crippen MR) is 99.4 cm³/mol. The molecule has 1 aromatic heterocycles. The molecule has 0 radical (unpaired) electrons. The van der Waals surface area contributed by atoms with Gasteiger partial charge in [0.1, 0.15) is 5.75 Å². The van der Waals surface area contributed by atoms with Crippen LogP contribution in [0.1, 0.15) is 31.0 Å². The number of carbonyl (C=O) groups is 1. The molecule has 2 N–H and O–H groups in total. The third kappa shape index (κ3) is 3.52. The summed E-state index contributed by atoms with van der Waals surface area (Å²) in [6.45, 7) is 5.35. The second-order valence-electron chi connectivity index (χ2n) is 6.06. The Labute approximate surface area is 148 Å². The molecule has 1 aliphatic heterocycles. The minimum atomic E-state index is -0.0396. The van der Waals surface area contributed by atoms with Crippen LogP contribution in [0.2, 0.25) is 0 Å². The molecule has 0 aliphatic carbocycles. The fourth-order valence-electron chi connectivity index (χ4n) is 3.17. The van der Waals surface area contributed by atoms with Gasteiger partial charge in [0, 0.05) is 30.5 Å². The fourth-order valence-corrected chi connectivity index (χ4v) is 3.17. The van der Waals surface area contributed by atoms with Crippen molar-refractivity contribution in [1.29, 1.82) is 0 Å². The Kier molecular flexibility index (Phi) is 5.07. The maximum atomic E-state index is 12.2. The number of hydrogen-bond acceptors (Lipinski definition) is 4. The second kappa shape index (κ2) is 7.42. The van der Waals surface area contributed by atoms with Crippen LogP contribution in [0.4, 0.5) is 16.2 Å². The van der Waals surface area contributed by atoms with Crippen LogP contribution in [-0.2, 0) is 6.42 Å². The number of anilines is 2. The van der Waals surface area contributed by atoms with Gasteiger partial charge in [0.25, 0.3) is 0 Å². The SMILES string of the molecule is CCNC(=O)N1CCc2ccc(NC(C)c3ccncc3OC)cc21. The first-order valence-corrected chi connectivity index (χ1v) is 8.56. The van der Waals surface area contributed by atoms with E-state index in [0.717, 1.165) is 35.7 Å². The van der Waals surface area contributed by atoms with Gasteiger partial charge in [-0.05, 0) is 44.0 Å². The Morgan fingerprint density at radius 2 is 2.24 bits per heavy atom. The van der Waals surface area contributed by atoms with Gasteiger partial charge in [-0.25, -0.2) is 4.79 Å². The Hall–Kier alpha value is -2.76. The Bertz CT molecular complexity index is 763. The van der Waals surface area contributed by atoms with Gasteiger partial charge < -0.3 is 15.4 Å². The predicted octanol–water partition coefficient (Wildman–Crippen LogP) is 3.36. The van der Waals surface area contributed by atoms with Crippen LogP contribution in [0.3, 0.4) is 0 Å². The van der Waals surface area contributed by atoms with E-state index in [2.05, 4.69) is 34.7 Å². The minimum absolute atomic E-state index is 0.0396. The van der Waals surface area contributed by atoms with E-state index in [1.54, 1.807) is 19.5 Å². The normalized spacial score (nSPS) is 14.0. The monoisotopic (exact) mass is 340 g/mol. The number of hydrogen-bond donors (Lipinski definition) is 2. The number of pyridine rings is 1. The molecule has 2 amide bonds. The number of rotatable bonds is 5. The standard InChI is InChI=1S/C19H24N4O2/c1-4-21-19(24)23-10-8-14-5-6-15(11-17(14)23)22-13(2)16-7-9-20-12-18(16)25-3/h5-7,9,11-13,22H,4,8,10H2,1-3H3,(H,21,24). The number of fused-ring (bicyclic) bond motifs is 1. The van der Waals surface area contributed by atoms with E-state index in [4.69, 9.17) is 4.74 Å². The van der Waals surface area contributed by atoms with Crippen molar-refractivity contribution in [3.63, 3.8) is 0 Å². The smallest absolute Gasteiger partial charge is 0.321 e. The number of nitrogens with one attached hydrogen (secondary N) is 2. The van der Waals surface area contributed by atoms with Crippen molar-refractivity contribution in [3.8, 4) is 5.75 Å². The third-order valence-corrected chi connectivity index (χ3v) is 4.44. The average Bonchev–Trinajstić information content (AvgIpc) is 3.05. The molecule has 2 heterocycles. The van der Waals surface area contributed by atoms with E-state index in [1.165, 1.54) is 5.56 Å². The molecular weight excluding hydrogens is 316 g/mol. The van der Waals surface area contributed by atoms with E-state index in [9.17, 15) is 4.79 Å². The van der Waals surface area contributed by atoms with Crippen LogP contribution < -0.4 is 20.3 Å². The van der Waals surface area contributed by atoms with Gasteiger partial charge in [0.15, 0.2) is 0 Å². The van der Waals surface area contributed by atoms with Gasteiger partial charge >= 0.3 is 6.03 Å². The van der Waals surface area contributed by atoms with Gasteiger partial charge in [-0.1, -0.05) is 6.07 Å². The molecule has 0 saturated carbocycles. The lowest BCUT2D eigenvalue weighted by Crippen LogP contribution is -2.38. The largest absolute Gasteiger partial charge is 0.495 e. The van der Waals surface area contributed by atoms with Crippen LogP contribution in [-0.4, -0.2) is 31.2 Å². The van der Waals surface area contributed by atoms with Crippen LogP contribution in [0.15, 0.2) is 36.7 Å². The highest BCUT2D eigenvalue weighted by molar-refractivity contribution is 5.94. The van der Waals surface area contributed by atoms with Crippen LogP contribution in [0, 0.1) is 0 Å². The zero-order valence-corrected chi connectivity index (χ0v) is 14.9. The van der Waals surface area contributed by atoms with Crippen LogP contribution in [0.5, 0.6) is 5.75 Å². The molecule has 132 valence electrons. The molecule has 3 rings (SSSR count). The van der Waals surface area contributed by atoms with Crippen LogP contribution in [0.25, 0.3) is 0 Å². The van der Waals surface area contributed by atoms with Crippen molar-refractivity contribution in [2.24, 2.45) is 0 Å². The van der Waals surface area contributed by atoms with Crippen molar-refractivity contribution >= 4 is 17.4 Å². The van der Waals surface area contributed by atoms with E-state index in [0.29, 0.717) is 6.54 Å². The number of carbonyl (C=O) groups excluding carboxylic acids is 1. The highest BCUT2D eigenvalue weighted by Gasteiger charge is 2.24. The lowest BCUT2D eigenvalue weighted by Gasteiger charge is -2.21.